The average molecular weight is 304 g/mol. The van der Waals surface area contributed by atoms with Crippen LogP contribution in [-0.2, 0) is 0 Å². The van der Waals surface area contributed by atoms with Gasteiger partial charge in [0.05, 0.1) is 5.50 Å². The summed E-state index contributed by atoms with van der Waals surface area (Å²) in [5.41, 5.74) is 5.38. The molecule has 0 heterocycles. The molecule has 0 saturated heterocycles. The Morgan fingerprint density at radius 3 is 1.20 bits per heavy atom. The van der Waals surface area contributed by atoms with E-state index in [0.717, 1.165) is 6.42 Å². The molecule has 0 aliphatic carbocycles. The molecule has 0 radical (unpaired) electrons. The van der Waals surface area contributed by atoms with Crippen molar-refractivity contribution >= 4 is 11.6 Å². The van der Waals surface area contributed by atoms with Gasteiger partial charge in [-0.25, -0.2) is 0 Å². The predicted molar refractivity (Wildman–Crippen MR) is 93.4 cm³/mol. The molecule has 122 valence electrons. The average Bonchev–Trinajstić information content (AvgIpc) is 2.43. The third kappa shape index (κ3) is 18.2. The van der Waals surface area contributed by atoms with E-state index in [-0.39, 0.29) is 5.50 Å². The van der Waals surface area contributed by atoms with E-state index in [9.17, 15) is 0 Å². The molecule has 0 aliphatic rings. The lowest BCUT2D eigenvalue weighted by molar-refractivity contribution is 0.528. The van der Waals surface area contributed by atoms with Gasteiger partial charge in [0.15, 0.2) is 0 Å². The number of hydrogen-bond acceptors (Lipinski definition) is 1. The highest BCUT2D eigenvalue weighted by Gasteiger charge is 1.96. The first-order valence-electron chi connectivity index (χ1n) is 9.17. The fourth-order valence-corrected chi connectivity index (χ4v) is 2.86. The first-order valence-corrected chi connectivity index (χ1v) is 9.60. The van der Waals surface area contributed by atoms with Crippen LogP contribution in [0.3, 0.4) is 0 Å². The maximum Gasteiger partial charge on any atom is 0.0800 e. The summed E-state index contributed by atoms with van der Waals surface area (Å²) in [5, 5.41) is 0. The maximum atomic E-state index is 5.71. The summed E-state index contributed by atoms with van der Waals surface area (Å²) < 4.78 is 0. The molecule has 0 spiro atoms. The van der Waals surface area contributed by atoms with Gasteiger partial charge in [-0.05, 0) is 6.42 Å². The molecule has 0 rings (SSSR count). The molecule has 20 heavy (non-hydrogen) atoms. The topological polar surface area (TPSA) is 26.0 Å². The minimum atomic E-state index is -0.128. The summed E-state index contributed by atoms with van der Waals surface area (Å²) in [5.74, 6) is 0. The Balaban J connectivity index is 2.92. The molecule has 0 aromatic heterocycles. The van der Waals surface area contributed by atoms with Gasteiger partial charge in [0, 0.05) is 0 Å². The van der Waals surface area contributed by atoms with Crippen LogP contribution in [0.4, 0.5) is 0 Å². The van der Waals surface area contributed by atoms with E-state index in [1.165, 1.54) is 96.3 Å². The summed E-state index contributed by atoms with van der Waals surface area (Å²) in [6.45, 7) is 2.28. The van der Waals surface area contributed by atoms with E-state index in [1.54, 1.807) is 0 Å². The molecule has 0 amide bonds. The predicted octanol–water partition coefficient (Wildman–Crippen LogP) is 6.77. The zero-order valence-corrected chi connectivity index (χ0v) is 14.6. The van der Waals surface area contributed by atoms with Crippen LogP contribution in [0.2, 0.25) is 0 Å². The van der Waals surface area contributed by atoms with E-state index in [0.29, 0.717) is 0 Å². The van der Waals surface area contributed by atoms with Crippen LogP contribution < -0.4 is 5.73 Å². The number of hydrogen-bond donors (Lipinski definition) is 1. The van der Waals surface area contributed by atoms with Crippen LogP contribution in [0.15, 0.2) is 0 Å². The molecule has 1 nitrogen and oxygen atoms in total. The van der Waals surface area contributed by atoms with E-state index in [2.05, 4.69) is 6.92 Å². The van der Waals surface area contributed by atoms with E-state index >= 15 is 0 Å². The van der Waals surface area contributed by atoms with Gasteiger partial charge in [-0.1, -0.05) is 103 Å². The quantitative estimate of drug-likeness (QED) is 0.190. The summed E-state index contributed by atoms with van der Waals surface area (Å²) in [4.78, 5) is 0. The van der Waals surface area contributed by atoms with Gasteiger partial charge in [0.2, 0.25) is 0 Å². The Bertz CT molecular complexity index is 171. The highest BCUT2D eigenvalue weighted by Crippen LogP contribution is 2.14. The first-order chi connectivity index (χ1) is 9.77. The largest absolute Gasteiger partial charge is 0.315 e. The molecule has 0 aromatic rings. The molecule has 1 unspecified atom stereocenters. The van der Waals surface area contributed by atoms with Gasteiger partial charge in [-0.3, -0.25) is 0 Å². The lowest BCUT2D eigenvalue weighted by atomic mass is 10.0. The van der Waals surface area contributed by atoms with Gasteiger partial charge in [0.25, 0.3) is 0 Å². The number of nitrogens with two attached hydrogens (primary N) is 1. The molecule has 0 aliphatic heterocycles. The Labute approximate surface area is 133 Å². The van der Waals surface area contributed by atoms with Gasteiger partial charge in [0.1, 0.15) is 0 Å². The third-order valence-corrected chi connectivity index (χ3v) is 4.30. The maximum absolute atomic E-state index is 5.71. The zero-order chi connectivity index (χ0) is 14.9. The summed E-state index contributed by atoms with van der Waals surface area (Å²) in [6.07, 6.45) is 22.1. The van der Waals surface area contributed by atoms with Crippen LogP contribution >= 0.6 is 11.6 Å². The van der Waals surface area contributed by atoms with Crippen LogP contribution in [0.25, 0.3) is 0 Å². The van der Waals surface area contributed by atoms with Gasteiger partial charge in [-0.15, -0.1) is 11.6 Å². The molecular formula is C18H38ClN. The van der Waals surface area contributed by atoms with Crippen LogP contribution in [0.5, 0.6) is 0 Å². The van der Waals surface area contributed by atoms with E-state index in [1.807, 2.05) is 0 Å². The van der Waals surface area contributed by atoms with Crippen molar-refractivity contribution < 1.29 is 0 Å². The fraction of sp³-hybridized carbons (Fsp3) is 1.00. The van der Waals surface area contributed by atoms with Crippen molar-refractivity contribution in [3.8, 4) is 0 Å². The number of halogens is 1. The first kappa shape index (κ1) is 20.2. The smallest absolute Gasteiger partial charge is 0.0800 e. The van der Waals surface area contributed by atoms with Gasteiger partial charge < -0.3 is 5.73 Å². The summed E-state index contributed by atoms with van der Waals surface area (Å²) in [7, 11) is 0. The lowest BCUT2D eigenvalue weighted by Gasteiger charge is -2.04. The highest BCUT2D eigenvalue weighted by atomic mass is 35.5. The summed E-state index contributed by atoms with van der Waals surface area (Å²) in [6, 6.07) is 0. The van der Waals surface area contributed by atoms with Crippen LogP contribution in [0, 0.1) is 0 Å². The molecule has 0 bridgehead atoms. The molecule has 0 fully saturated rings. The van der Waals surface area contributed by atoms with Crippen molar-refractivity contribution in [3.63, 3.8) is 0 Å². The molecular weight excluding hydrogens is 266 g/mol. The molecule has 1 atom stereocenters. The van der Waals surface area contributed by atoms with Crippen LogP contribution in [-0.4, -0.2) is 5.50 Å². The van der Waals surface area contributed by atoms with E-state index < -0.39 is 0 Å². The molecule has 2 heteroatoms. The van der Waals surface area contributed by atoms with Crippen molar-refractivity contribution in [2.24, 2.45) is 5.73 Å². The Morgan fingerprint density at radius 2 is 0.900 bits per heavy atom. The highest BCUT2D eigenvalue weighted by molar-refractivity contribution is 6.20. The van der Waals surface area contributed by atoms with Crippen molar-refractivity contribution in [3.05, 3.63) is 0 Å². The Morgan fingerprint density at radius 1 is 0.600 bits per heavy atom. The molecule has 0 aromatic carbocycles. The third-order valence-electron chi connectivity index (χ3n) is 4.08. The standard InChI is InChI=1S/C18H38ClN/c1-2-3-4-5-6-7-8-9-10-11-12-13-14-15-16-17-18(19)20/h18H,2-17,20H2,1H3. The SMILES string of the molecule is CCCCCCCCCCCCCCCCCC(N)Cl. The number of rotatable bonds is 16. The van der Waals surface area contributed by atoms with Gasteiger partial charge >= 0.3 is 0 Å². The Kier molecular flexibility index (Phi) is 17.5. The second-order valence-corrected chi connectivity index (χ2v) is 6.81. The monoisotopic (exact) mass is 303 g/mol. The van der Waals surface area contributed by atoms with E-state index in [4.69, 9.17) is 17.3 Å². The van der Waals surface area contributed by atoms with Crippen molar-refractivity contribution in [2.75, 3.05) is 0 Å². The zero-order valence-electron chi connectivity index (χ0n) is 13.8. The van der Waals surface area contributed by atoms with Crippen LogP contribution in [0.1, 0.15) is 110 Å². The number of unbranched alkanes of at least 4 members (excludes halogenated alkanes) is 14. The minimum absolute atomic E-state index is 0.128. The van der Waals surface area contributed by atoms with Crippen molar-refractivity contribution in [1.82, 2.24) is 0 Å². The lowest BCUT2D eigenvalue weighted by Crippen LogP contribution is -2.10. The Hall–Kier alpha value is 0.250. The number of alkyl halides is 1. The molecule has 0 saturated carbocycles. The fourth-order valence-electron chi connectivity index (χ4n) is 2.71. The van der Waals surface area contributed by atoms with Gasteiger partial charge in [-0.2, -0.15) is 0 Å². The minimum Gasteiger partial charge on any atom is -0.315 e. The van der Waals surface area contributed by atoms with Crippen molar-refractivity contribution in [1.29, 1.82) is 0 Å². The second-order valence-electron chi connectivity index (χ2n) is 6.25. The molecule has 2 N–H and O–H groups in total. The summed E-state index contributed by atoms with van der Waals surface area (Å²) >= 11 is 5.71. The normalized spacial score (nSPS) is 12.8. The van der Waals surface area contributed by atoms with Crippen molar-refractivity contribution in [2.45, 2.75) is 115 Å². The second kappa shape index (κ2) is 17.3.